The second-order valence-corrected chi connectivity index (χ2v) is 7.44. The van der Waals surface area contributed by atoms with E-state index in [1.165, 1.54) is 24.5 Å². The molecule has 3 aromatic heterocycles. The van der Waals surface area contributed by atoms with Gasteiger partial charge in [-0.1, -0.05) is 13.0 Å². The van der Waals surface area contributed by atoms with Crippen molar-refractivity contribution in [2.75, 3.05) is 5.32 Å². The molecule has 0 aliphatic rings. The second kappa shape index (κ2) is 10.3. The van der Waals surface area contributed by atoms with Crippen LogP contribution in [0.3, 0.4) is 0 Å². The predicted octanol–water partition coefficient (Wildman–Crippen LogP) is 6.68. The number of pyridine rings is 2. The molecule has 0 saturated carbocycles. The summed E-state index contributed by atoms with van der Waals surface area (Å²) in [5, 5.41) is 10.8. The monoisotopic (exact) mass is 481 g/mol. The quantitative estimate of drug-likeness (QED) is 0.235. The Hall–Kier alpha value is -4.28. The summed E-state index contributed by atoms with van der Waals surface area (Å²) in [4.78, 5) is 16.3. The van der Waals surface area contributed by atoms with Gasteiger partial charge in [0.25, 0.3) is 5.95 Å². The minimum Gasteiger partial charge on any atom is -0.354 e. The summed E-state index contributed by atoms with van der Waals surface area (Å²) in [5.74, 6) is -0.601. The first-order valence-corrected chi connectivity index (χ1v) is 10.6. The van der Waals surface area contributed by atoms with E-state index in [-0.39, 0.29) is 23.9 Å². The van der Waals surface area contributed by atoms with Crippen LogP contribution in [-0.2, 0) is 19.1 Å². The zero-order valence-electron chi connectivity index (χ0n) is 18.5. The number of benzene rings is 1. The summed E-state index contributed by atoms with van der Waals surface area (Å²) in [6.45, 7) is 2.07. The van der Waals surface area contributed by atoms with Crippen LogP contribution in [0.25, 0.3) is 11.3 Å². The molecule has 0 atom stereocenters. The molecule has 0 aliphatic carbocycles. The average Bonchev–Trinajstić information content (AvgIpc) is 2.86. The van der Waals surface area contributed by atoms with E-state index in [9.17, 15) is 17.6 Å². The topological polar surface area (TPSA) is 88.3 Å². The van der Waals surface area contributed by atoms with E-state index < -0.39 is 17.6 Å². The third-order valence-corrected chi connectivity index (χ3v) is 4.90. The van der Waals surface area contributed by atoms with E-state index in [4.69, 9.17) is 0 Å². The van der Waals surface area contributed by atoms with Crippen LogP contribution >= 0.6 is 0 Å². The number of alkyl halides is 3. The van der Waals surface area contributed by atoms with Crippen LogP contribution in [0, 0.1) is 5.82 Å². The molecule has 178 valence electrons. The molecule has 7 nitrogen and oxygen atoms in total. The molecule has 1 N–H and O–H groups in total. The number of rotatable bonds is 7. The normalized spacial score (nSPS) is 11.7. The van der Waals surface area contributed by atoms with Crippen LogP contribution in [-0.4, -0.2) is 19.9 Å². The Morgan fingerprint density at radius 1 is 0.943 bits per heavy atom. The van der Waals surface area contributed by atoms with Gasteiger partial charge >= 0.3 is 6.18 Å². The highest BCUT2D eigenvalue weighted by atomic mass is 19.4. The van der Waals surface area contributed by atoms with Crippen LogP contribution in [0.4, 0.5) is 34.9 Å². The Balaban J connectivity index is 1.41. The highest BCUT2D eigenvalue weighted by Gasteiger charge is 2.30. The van der Waals surface area contributed by atoms with E-state index >= 15 is 0 Å². The first-order valence-electron chi connectivity index (χ1n) is 10.6. The molecule has 4 aromatic rings. The highest BCUT2D eigenvalue weighted by molar-refractivity contribution is 5.60. The Kier molecular flexibility index (Phi) is 7.04. The second-order valence-electron chi connectivity index (χ2n) is 7.44. The third kappa shape index (κ3) is 6.19. The fourth-order valence-corrected chi connectivity index (χ4v) is 3.12. The van der Waals surface area contributed by atoms with E-state index in [1.807, 2.05) is 6.92 Å². The van der Waals surface area contributed by atoms with E-state index in [0.717, 1.165) is 30.3 Å². The van der Waals surface area contributed by atoms with Gasteiger partial charge in [-0.05, 0) is 48.4 Å². The molecule has 3 heterocycles. The van der Waals surface area contributed by atoms with Gasteiger partial charge in [-0.2, -0.15) is 18.3 Å². The minimum absolute atomic E-state index is 0.00821. The molecule has 0 saturated heterocycles. The van der Waals surface area contributed by atoms with Gasteiger partial charge in [0.2, 0.25) is 0 Å². The fraction of sp³-hybridized carbons (Fsp3) is 0.167. The van der Waals surface area contributed by atoms with Gasteiger partial charge in [0.05, 0.1) is 29.3 Å². The molecular formula is C24H19F4N7. The maximum absolute atomic E-state index is 14.3. The van der Waals surface area contributed by atoms with Crippen molar-refractivity contribution in [3.63, 3.8) is 0 Å². The van der Waals surface area contributed by atoms with Crippen molar-refractivity contribution in [3.05, 3.63) is 89.9 Å². The molecule has 0 fully saturated rings. The van der Waals surface area contributed by atoms with Gasteiger partial charge in [0.15, 0.2) is 5.82 Å². The summed E-state index contributed by atoms with van der Waals surface area (Å²) in [6.07, 6.45) is 2.06. The Morgan fingerprint density at radius 3 is 2.54 bits per heavy atom. The number of hydrogen-bond donors (Lipinski definition) is 1. The number of hydrogen-bond acceptors (Lipinski definition) is 7. The molecule has 35 heavy (non-hydrogen) atoms. The summed E-state index contributed by atoms with van der Waals surface area (Å²) >= 11 is 0. The summed E-state index contributed by atoms with van der Waals surface area (Å²) in [7, 11) is 0. The van der Waals surface area contributed by atoms with Crippen molar-refractivity contribution < 1.29 is 17.6 Å². The van der Waals surface area contributed by atoms with Crippen LogP contribution in [0.2, 0.25) is 0 Å². The zero-order chi connectivity index (χ0) is 24.8. The van der Waals surface area contributed by atoms with Crippen molar-refractivity contribution in [2.45, 2.75) is 26.1 Å². The first kappa shape index (κ1) is 23.9. The SMILES string of the molecule is CCc1cncc(-c2nc(N=NCc3ccc(Nc4cccc(C(F)(F)F)c4)cn3)ncc2F)c1. The lowest BCUT2D eigenvalue weighted by Crippen LogP contribution is -2.05. The number of azo groups is 1. The molecule has 0 bridgehead atoms. The fourth-order valence-electron chi connectivity index (χ4n) is 3.12. The Labute approximate surface area is 198 Å². The van der Waals surface area contributed by atoms with Crippen molar-refractivity contribution in [1.29, 1.82) is 0 Å². The number of nitrogens with zero attached hydrogens (tertiary/aromatic N) is 6. The third-order valence-electron chi connectivity index (χ3n) is 4.90. The molecule has 0 spiro atoms. The van der Waals surface area contributed by atoms with Gasteiger partial charge in [-0.15, -0.1) is 5.11 Å². The molecule has 4 rings (SSSR count). The van der Waals surface area contributed by atoms with Crippen LogP contribution < -0.4 is 5.32 Å². The van der Waals surface area contributed by atoms with Gasteiger partial charge in [-0.25, -0.2) is 14.4 Å². The van der Waals surface area contributed by atoms with Crippen molar-refractivity contribution >= 4 is 17.3 Å². The lowest BCUT2D eigenvalue weighted by Gasteiger charge is -2.10. The smallest absolute Gasteiger partial charge is 0.354 e. The zero-order valence-corrected chi connectivity index (χ0v) is 18.5. The van der Waals surface area contributed by atoms with E-state index in [0.29, 0.717) is 16.9 Å². The summed E-state index contributed by atoms with van der Waals surface area (Å²) in [5.41, 5.74) is 2.17. The Bertz CT molecular complexity index is 1340. The number of aryl methyl sites for hydroxylation is 1. The highest BCUT2D eigenvalue weighted by Crippen LogP contribution is 2.31. The largest absolute Gasteiger partial charge is 0.416 e. The lowest BCUT2D eigenvalue weighted by molar-refractivity contribution is -0.137. The standard InChI is InChI=1S/C24H19F4N7/c1-2-15-8-16(11-29-10-15)22-21(25)14-31-23(34-22)35-32-13-19-6-7-20(12-30-19)33-18-5-3-4-17(9-18)24(26,27)28/h3-12,14,33H,2,13H2,1H3. The van der Waals surface area contributed by atoms with Crippen LogP contribution in [0.15, 0.2) is 77.5 Å². The number of nitrogens with one attached hydrogen (secondary N) is 1. The van der Waals surface area contributed by atoms with Crippen LogP contribution in [0.1, 0.15) is 23.7 Å². The predicted molar refractivity (Wildman–Crippen MR) is 122 cm³/mol. The first-order chi connectivity index (χ1) is 16.8. The van der Waals surface area contributed by atoms with Crippen molar-refractivity contribution in [3.8, 4) is 11.3 Å². The van der Waals surface area contributed by atoms with Gasteiger partial charge in [0, 0.05) is 23.6 Å². The van der Waals surface area contributed by atoms with Crippen molar-refractivity contribution in [2.24, 2.45) is 10.2 Å². The maximum Gasteiger partial charge on any atom is 0.416 e. The summed E-state index contributed by atoms with van der Waals surface area (Å²) in [6, 6.07) is 10.0. The van der Waals surface area contributed by atoms with Gasteiger partial charge in [-0.3, -0.25) is 9.97 Å². The molecule has 0 amide bonds. The number of aromatic nitrogens is 4. The maximum atomic E-state index is 14.3. The van der Waals surface area contributed by atoms with Crippen molar-refractivity contribution in [1.82, 2.24) is 19.9 Å². The van der Waals surface area contributed by atoms with Gasteiger partial charge in [0.1, 0.15) is 12.2 Å². The minimum atomic E-state index is -4.42. The van der Waals surface area contributed by atoms with E-state index in [2.05, 4.69) is 35.5 Å². The number of halogens is 4. The molecular weight excluding hydrogens is 462 g/mol. The summed E-state index contributed by atoms with van der Waals surface area (Å²) < 4.78 is 52.9. The average molecular weight is 481 g/mol. The Morgan fingerprint density at radius 2 is 1.80 bits per heavy atom. The van der Waals surface area contributed by atoms with E-state index in [1.54, 1.807) is 24.4 Å². The molecule has 1 aromatic carbocycles. The molecule has 0 unspecified atom stereocenters. The van der Waals surface area contributed by atoms with Gasteiger partial charge < -0.3 is 5.32 Å². The molecule has 11 heteroatoms. The molecule has 0 aliphatic heterocycles. The van der Waals surface area contributed by atoms with Crippen LogP contribution in [0.5, 0.6) is 0 Å². The molecule has 0 radical (unpaired) electrons. The number of anilines is 2. The lowest BCUT2D eigenvalue weighted by atomic mass is 10.1.